The Bertz CT molecular complexity index is 1530. The monoisotopic (exact) mass is 548 g/mol. The minimum Gasteiger partial charge on any atom is -0.481 e. The molecule has 9 heteroatoms. The molecule has 4 rings (SSSR count). The molecule has 0 aliphatic carbocycles. The summed E-state index contributed by atoms with van der Waals surface area (Å²) >= 11 is 3.42. The molecule has 0 spiro atoms. The number of nitrogens with zero attached hydrogens (tertiary/aromatic N) is 1. The van der Waals surface area contributed by atoms with E-state index in [9.17, 15) is 24.3 Å². The fraction of sp³-hybridized carbons (Fsp3) is 0.111. The number of anilines is 1. The fourth-order valence-corrected chi connectivity index (χ4v) is 4.37. The first-order valence-corrected chi connectivity index (χ1v) is 11.8. The smallest absolute Gasteiger partial charge is 0.353 e. The number of aromatic carboxylic acids is 1. The largest absolute Gasteiger partial charge is 0.481 e. The lowest BCUT2D eigenvalue weighted by Crippen LogP contribution is -2.28. The number of nitrogens with one attached hydrogen (secondary N) is 1. The Morgan fingerprint density at radius 1 is 0.861 bits per heavy atom. The van der Waals surface area contributed by atoms with E-state index < -0.39 is 23.4 Å². The van der Waals surface area contributed by atoms with Crippen LogP contribution >= 0.6 is 15.9 Å². The highest BCUT2D eigenvalue weighted by Crippen LogP contribution is 2.33. The summed E-state index contributed by atoms with van der Waals surface area (Å²) in [5.41, 5.74) is 1.68. The molecule has 182 valence electrons. The minimum absolute atomic E-state index is 0.000452. The number of hydrogen-bond donors (Lipinski definition) is 3. The molecule has 0 saturated heterocycles. The number of carboxylic acid groups (broad SMARTS) is 2. The highest BCUT2D eigenvalue weighted by atomic mass is 79.9. The summed E-state index contributed by atoms with van der Waals surface area (Å²) in [6.07, 6.45) is -0.420. The van der Waals surface area contributed by atoms with Gasteiger partial charge in [0.25, 0.3) is 5.56 Å². The van der Waals surface area contributed by atoms with E-state index in [4.69, 9.17) is 5.11 Å². The number of fused-ring (bicyclic) bond motifs is 1. The average Bonchev–Trinajstić information content (AvgIpc) is 2.85. The van der Waals surface area contributed by atoms with Crippen molar-refractivity contribution in [2.75, 3.05) is 5.32 Å². The summed E-state index contributed by atoms with van der Waals surface area (Å²) in [5.74, 6) is -2.71. The molecule has 0 fully saturated rings. The zero-order valence-electron chi connectivity index (χ0n) is 18.9. The molecule has 0 unspecified atom stereocenters. The van der Waals surface area contributed by atoms with E-state index in [1.807, 2.05) is 18.2 Å². The van der Waals surface area contributed by atoms with Crippen LogP contribution in [0.25, 0.3) is 21.9 Å². The van der Waals surface area contributed by atoms with Crippen molar-refractivity contribution < 1.29 is 24.6 Å². The average molecular weight is 549 g/mol. The first kappa shape index (κ1) is 24.9. The molecule has 0 bridgehead atoms. The molecular weight excluding hydrogens is 528 g/mol. The second-order valence-corrected chi connectivity index (χ2v) is 9.03. The van der Waals surface area contributed by atoms with Crippen LogP contribution in [-0.2, 0) is 16.1 Å². The SMILES string of the molecule is O=C(O)CCC(=O)Nc1ccc(Cn2c(C(=O)O)c(-c3ccccc3)c3cc(Br)ccc3c2=O)cc1. The highest BCUT2D eigenvalue weighted by Gasteiger charge is 2.23. The summed E-state index contributed by atoms with van der Waals surface area (Å²) in [5, 5.41) is 22.5. The van der Waals surface area contributed by atoms with Gasteiger partial charge in [0.15, 0.2) is 0 Å². The van der Waals surface area contributed by atoms with Crippen LogP contribution in [0.4, 0.5) is 5.69 Å². The zero-order valence-corrected chi connectivity index (χ0v) is 20.5. The zero-order chi connectivity index (χ0) is 25.8. The number of rotatable bonds is 8. The van der Waals surface area contributed by atoms with Gasteiger partial charge in [0.1, 0.15) is 5.69 Å². The number of carbonyl (C=O) groups is 3. The third-order valence-corrected chi connectivity index (χ3v) is 6.14. The van der Waals surface area contributed by atoms with Crippen LogP contribution in [0.3, 0.4) is 0 Å². The van der Waals surface area contributed by atoms with Crippen molar-refractivity contribution in [2.45, 2.75) is 19.4 Å². The quantitative estimate of drug-likeness (QED) is 0.285. The third-order valence-electron chi connectivity index (χ3n) is 5.64. The van der Waals surface area contributed by atoms with Gasteiger partial charge >= 0.3 is 11.9 Å². The van der Waals surface area contributed by atoms with Crippen LogP contribution < -0.4 is 10.9 Å². The topological polar surface area (TPSA) is 126 Å². The van der Waals surface area contributed by atoms with Crippen LogP contribution in [0.2, 0.25) is 0 Å². The van der Waals surface area contributed by atoms with E-state index >= 15 is 0 Å². The summed E-state index contributed by atoms with van der Waals surface area (Å²) in [6.45, 7) is -0.000452. The van der Waals surface area contributed by atoms with E-state index in [1.54, 1.807) is 54.6 Å². The lowest BCUT2D eigenvalue weighted by molar-refractivity contribution is -0.138. The maximum atomic E-state index is 13.5. The lowest BCUT2D eigenvalue weighted by atomic mass is 9.96. The van der Waals surface area contributed by atoms with Crippen molar-refractivity contribution in [3.8, 4) is 11.1 Å². The number of hydrogen-bond acceptors (Lipinski definition) is 4. The molecule has 4 aromatic rings. The molecule has 3 aromatic carbocycles. The Labute approximate surface area is 213 Å². The van der Waals surface area contributed by atoms with Crippen molar-refractivity contribution in [3.63, 3.8) is 0 Å². The highest BCUT2D eigenvalue weighted by molar-refractivity contribution is 9.10. The van der Waals surface area contributed by atoms with Gasteiger partial charge in [-0.2, -0.15) is 0 Å². The van der Waals surface area contributed by atoms with E-state index in [0.717, 1.165) is 4.47 Å². The van der Waals surface area contributed by atoms with Crippen molar-refractivity contribution in [3.05, 3.63) is 98.9 Å². The standard InChI is InChI=1S/C27H21BrN2O6/c28-18-8-11-20-21(14-18)24(17-4-2-1-3-5-17)25(27(35)36)30(26(20)34)15-16-6-9-19(10-7-16)29-22(31)12-13-23(32)33/h1-11,14H,12-13,15H2,(H,29,31)(H,32,33)(H,35,36). The number of benzene rings is 3. The molecule has 0 aliphatic heterocycles. The first-order valence-electron chi connectivity index (χ1n) is 11.0. The van der Waals surface area contributed by atoms with Crippen LogP contribution in [0.1, 0.15) is 28.9 Å². The number of carboxylic acids is 2. The van der Waals surface area contributed by atoms with Gasteiger partial charge in [-0.25, -0.2) is 4.79 Å². The van der Waals surface area contributed by atoms with Gasteiger partial charge in [-0.3, -0.25) is 19.0 Å². The molecule has 0 aliphatic rings. The van der Waals surface area contributed by atoms with Gasteiger partial charge in [0, 0.05) is 27.5 Å². The summed E-state index contributed by atoms with van der Waals surface area (Å²) < 4.78 is 1.98. The van der Waals surface area contributed by atoms with Gasteiger partial charge in [-0.1, -0.05) is 58.4 Å². The second kappa shape index (κ2) is 10.6. The Hall–Kier alpha value is -4.24. The van der Waals surface area contributed by atoms with Gasteiger partial charge in [0.05, 0.1) is 13.0 Å². The van der Waals surface area contributed by atoms with E-state index in [2.05, 4.69) is 21.2 Å². The van der Waals surface area contributed by atoms with E-state index in [0.29, 0.717) is 33.2 Å². The van der Waals surface area contributed by atoms with Crippen LogP contribution in [0, 0.1) is 0 Å². The van der Waals surface area contributed by atoms with E-state index in [-0.39, 0.29) is 25.1 Å². The Morgan fingerprint density at radius 2 is 1.56 bits per heavy atom. The molecule has 0 saturated carbocycles. The third kappa shape index (κ3) is 5.36. The predicted molar refractivity (Wildman–Crippen MR) is 139 cm³/mol. The lowest BCUT2D eigenvalue weighted by Gasteiger charge is -2.18. The van der Waals surface area contributed by atoms with Crippen molar-refractivity contribution in [1.82, 2.24) is 4.57 Å². The molecule has 1 aromatic heterocycles. The first-order chi connectivity index (χ1) is 17.2. The molecule has 0 atom stereocenters. The Kier molecular flexibility index (Phi) is 7.30. The van der Waals surface area contributed by atoms with Crippen molar-refractivity contribution >= 4 is 50.2 Å². The number of halogens is 1. The molecular formula is C27H21BrN2O6. The molecule has 0 radical (unpaired) electrons. The molecule has 8 nitrogen and oxygen atoms in total. The van der Waals surface area contributed by atoms with Crippen molar-refractivity contribution in [1.29, 1.82) is 0 Å². The maximum absolute atomic E-state index is 13.5. The summed E-state index contributed by atoms with van der Waals surface area (Å²) in [4.78, 5) is 48.5. The number of amides is 1. The van der Waals surface area contributed by atoms with Crippen LogP contribution in [-0.4, -0.2) is 32.6 Å². The molecule has 3 N–H and O–H groups in total. The normalized spacial score (nSPS) is 10.8. The molecule has 1 amide bonds. The Balaban J connectivity index is 1.77. The van der Waals surface area contributed by atoms with Crippen LogP contribution in [0.15, 0.2) is 82.1 Å². The van der Waals surface area contributed by atoms with Gasteiger partial charge < -0.3 is 15.5 Å². The van der Waals surface area contributed by atoms with Crippen LogP contribution in [0.5, 0.6) is 0 Å². The molecule has 1 heterocycles. The van der Waals surface area contributed by atoms with Gasteiger partial charge in [-0.05, 0) is 46.8 Å². The van der Waals surface area contributed by atoms with Crippen molar-refractivity contribution in [2.24, 2.45) is 0 Å². The number of aromatic nitrogens is 1. The minimum atomic E-state index is -1.23. The summed E-state index contributed by atoms with van der Waals surface area (Å²) in [7, 11) is 0. The summed E-state index contributed by atoms with van der Waals surface area (Å²) in [6, 6.07) is 20.8. The number of aliphatic carboxylic acids is 1. The maximum Gasteiger partial charge on any atom is 0.353 e. The van der Waals surface area contributed by atoms with Gasteiger partial charge in [-0.15, -0.1) is 0 Å². The number of pyridine rings is 1. The fourth-order valence-electron chi connectivity index (χ4n) is 4.01. The molecule has 36 heavy (non-hydrogen) atoms. The van der Waals surface area contributed by atoms with Gasteiger partial charge in [0.2, 0.25) is 5.91 Å². The predicted octanol–water partition coefficient (Wildman–Crippen LogP) is 4.98. The Morgan fingerprint density at radius 3 is 2.19 bits per heavy atom. The number of carbonyl (C=O) groups excluding carboxylic acids is 1. The van der Waals surface area contributed by atoms with E-state index in [1.165, 1.54) is 4.57 Å². The second-order valence-electron chi connectivity index (χ2n) is 8.11.